The van der Waals surface area contributed by atoms with Crippen molar-refractivity contribution in [1.82, 2.24) is 0 Å². The maximum Gasteiger partial charge on any atom is 0.309 e. The molecule has 2 aromatic rings. The summed E-state index contributed by atoms with van der Waals surface area (Å²) in [6.45, 7) is 2.33. The van der Waals surface area contributed by atoms with E-state index in [0.29, 0.717) is 17.4 Å². The summed E-state index contributed by atoms with van der Waals surface area (Å²) in [5, 5.41) is 0.584. The lowest BCUT2D eigenvalue weighted by Gasteiger charge is -2.12. The number of aryl methyl sites for hydroxylation is 1. The predicted molar refractivity (Wildman–Crippen MR) is 82.7 cm³/mol. The molecule has 0 fully saturated rings. The minimum absolute atomic E-state index is 0.234. The van der Waals surface area contributed by atoms with Gasteiger partial charge in [-0.3, -0.25) is 4.79 Å². The molecule has 0 saturated carbocycles. The first-order valence-corrected chi connectivity index (χ1v) is 7.00. The van der Waals surface area contributed by atoms with Crippen LogP contribution in [0, 0.1) is 6.92 Å². The monoisotopic (exact) mass is 304 g/mol. The highest BCUT2D eigenvalue weighted by Gasteiger charge is 2.09. The van der Waals surface area contributed by atoms with Crippen molar-refractivity contribution in [1.29, 1.82) is 0 Å². The lowest BCUT2D eigenvalue weighted by atomic mass is 10.1. The number of carbonyl (C=O) groups excluding carboxylic acids is 1. The molecule has 0 N–H and O–H groups in total. The second-order valence-corrected chi connectivity index (χ2v) is 5.15. The topological polar surface area (TPSA) is 35.5 Å². The molecule has 21 heavy (non-hydrogen) atoms. The maximum absolute atomic E-state index is 11.4. The molecule has 0 atom stereocenters. The Labute approximate surface area is 129 Å². The van der Waals surface area contributed by atoms with Gasteiger partial charge in [-0.15, -0.1) is 0 Å². The smallest absolute Gasteiger partial charge is 0.309 e. The van der Waals surface area contributed by atoms with Crippen molar-refractivity contribution in [2.75, 3.05) is 7.11 Å². The Morgan fingerprint density at radius 3 is 2.52 bits per heavy atom. The van der Waals surface area contributed by atoms with Crippen LogP contribution in [0.15, 0.2) is 42.5 Å². The number of halogens is 1. The SMILES string of the molecule is COC(=O)Cc1ccccc1COc1ccc(C)cc1Cl. The molecule has 0 bridgehead atoms. The molecule has 0 heterocycles. The van der Waals surface area contributed by atoms with Gasteiger partial charge in [0.15, 0.2) is 0 Å². The van der Waals surface area contributed by atoms with E-state index in [1.807, 2.05) is 49.4 Å². The predicted octanol–water partition coefficient (Wildman–Crippen LogP) is 3.94. The number of rotatable bonds is 5. The van der Waals surface area contributed by atoms with Crippen molar-refractivity contribution < 1.29 is 14.3 Å². The Kier molecular flexibility index (Phi) is 5.23. The van der Waals surface area contributed by atoms with Crippen LogP contribution in [0.5, 0.6) is 5.75 Å². The molecule has 0 unspecified atom stereocenters. The number of hydrogen-bond acceptors (Lipinski definition) is 3. The zero-order valence-electron chi connectivity index (χ0n) is 12.1. The molecule has 0 radical (unpaired) electrons. The van der Waals surface area contributed by atoms with Crippen molar-refractivity contribution in [2.45, 2.75) is 20.0 Å². The molecule has 2 aromatic carbocycles. The number of benzene rings is 2. The second-order valence-electron chi connectivity index (χ2n) is 4.74. The van der Waals surface area contributed by atoms with E-state index in [2.05, 4.69) is 0 Å². The van der Waals surface area contributed by atoms with Gasteiger partial charge in [-0.1, -0.05) is 41.9 Å². The minimum Gasteiger partial charge on any atom is -0.487 e. The summed E-state index contributed by atoms with van der Waals surface area (Å²) >= 11 is 6.14. The average Bonchev–Trinajstić information content (AvgIpc) is 2.47. The second kappa shape index (κ2) is 7.14. The van der Waals surface area contributed by atoms with E-state index in [-0.39, 0.29) is 12.4 Å². The van der Waals surface area contributed by atoms with E-state index in [1.165, 1.54) is 7.11 Å². The zero-order chi connectivity index (χ0) is 15.2. The van der Waals surface area contributed by atoms with Crippen LogP contribution in [0.4, 0.5) is 0 Å². The van der Waals surface area contributed by atoms with Gasteiger partial charge in [0, 0.05) is 0 Å². The van der Waals surface area contributed by atoms with E-state index in [4.69, 9.17) is 21.1 Å². The van der Waals surface area contributed by atoms with Crippen molar-refractivity contribution in [3.05, 3.63) is 64.2 Å². The highest BCUT2D eigenvalue weighted by Crippen LogP contribution is 2.26. The van der Waals surface area contributed by atoms with E-state index < -0.39 is 0 Å². The van der Waals surface area contributed by atoms with Gasteiger partial charge in [-0.05, 0) is 35.7 Å². The third-order valence-electron chi connectivity index (χ3n) is 3.15. The van der Waals surface area contributed by atoms with Gasteiger partial charge >= 0.3 is 5.97 Å². The van der Waals surface area contributed by atoms with Crippen LogP contribution in [0.2, 0.25) is 5.02 Å². The third kappa shape index (κ3) is 4.23. The molecule has 0 amide bonds. The Hall–Kier alpha value is -2.00. The fourth-order valence-electron chi connectivity index (χ4n) is 1.98. The van der Waals surface area contributed by atoms with Gasteiger partial charge in [-0.25, -0.2) is 0 Å². The van der Waals surface area contributed by atoms with Crippen molar-refractivity contribution >= 4 is 17.6 Å². The molecule has 0 aliphatic carbocycles. The molecule has 2 rings (SSSR count). The molecule has 0 spiro atoms. The lowest BCUT2D eigenvalue weighted by Crippen LogP contribution is -2.08. The van der Waals surface area contributed by atoms with Crippen molar-refractivity contribution in [3.8, 4) is 5.75 Å². The van der Waals surface area contributed by atoms with Gasteiger partial charge in [0.2, 0.25) is 0 Å². The van der Waals surface area contributed by atoms with E-state index in [0.717, 1.165) is 16.7 Å². The Morgan fingerprint density at radius 1 is 1.14 bits per heavy atom. The number of hydrogen-bond donors (Lipinski definition) is 0. The summed E-state index contributed by atoms with van der Waals surface area (Å²) in [5.41, 5.74) is 2.92. The number of ether oxygens (including phenoxy) is 2. The standard InChI is InChI=1S/C17H17ClO3/c1-12-7-8-16(15(18)9-12)21-11-14-6-4-3-5-13(14)10-17(19)20-2/h3-9H,10-11H2,1-2H3. The van der Waals surface area contributed by atoms with Gasteiger partial charge in [-0.2, -0.15) is 0 Å². The highest BCUT2D eigenvalue weighted by atomic mass is 35.5. The summed E-state index contributed by atoms with van der Waals surface area (Å²) in [7, 11) is 1.38. The zero-order valence-corrected chi connectivity index (χ0v) is 12.8. The Morgan fingerprint density at radius 2 is 1.86 bits per heavy atom. The first-order chi connectivity index (χ1) is 10.1. The highest BCUT2D eigenvalue weighted by molar-refractivity contribution is 6.32. The molecule has 0 aromatic heterocycles. The number of esters is 1. The van der Waals surface area contributed by atoms with Crippen molar-refractivity contribution in [3.63, 3.8) is 0 Å². The van der Waals surface area contributed by atoms with E-state index >= 15 is 0 Å². The molecule has 110 valence electrons. The molecule has 4 heteroatoms. The maximum atomic E-state index is 11.4. The van der Waals surface area contributed by atoms with Crippen LogP contribution in [0.1, 0.15) is 16.7 Å². The number of carbonyl (C=O) groups is 1. The fourth-order valence-corrected chi connectivity index (χ4v) is 2.27. The largest absolute Gasteiger partial charge is 0.487 e. The van der Waals surface area contributed by atoms with Gasteiger partial charge in [0.25, 0.3) is 0 Å². The number of methoxy groups -OCH3 is 1. The van der Waals surface area contributed by atoms with Crippen LogP contribution in [0.25, 0.3) is 0 Å². The van der Waals surface area contributed by atoms with Crippen LogP contribution >= 0.6 is 11.6 Å². The van der Waals surface area contributed by atoms with Crippen LogP contribution < -0.4 is 4.74 Å². The summed E-state index contributed by atoms with van der Waals surface area (Å²) < 4.78 is 10.5. The fraction of sp³-hybridized carbons (Fsp3) is 0.235. The van der Waals surface area contributed by atoms with Crippen LogP contribution in [0.3, 0.4) is 0 Å². The van der Waals surface area contributed by atoms with Gasteiger partial charge in [0.05, 0.1) is 18.6 Å². The third-order valence-corrected chi connectivity index (χ3v) is 3.45. The van der Waals surface area contributed by atoms with Gasteiger partial charge in [0.1, 0.15) is 12.4 Å². The Bertz CT molecular complexity index is 638. The minimum atomic E-state index is -0.268. The summed E-state index contributed by atoms with van der Waals surface area (Å²) in [5.74, 6) is 0.367. The average molecular weight is 305 g/mol. The molecular weight excluding hydrogens is 288 g/mol. The molecule has 3 nitrogen and oxygen atoms in total. The van der Waals surface area contributed by atoms with Gasteiger partial charge < -0.3 is 9.47 Å². The van der Waals surface area contributed by atoms with Crippen LogP contribution in [-0.2, 0) is 22.6 Å². The lowest BCUT2D eigenvalue weighted by molar-refractivity contribution is -0.139. The van der Waals surface area contributed by atoms with Crippen molar-refractivity contribution in [2.24, 2.45) is 0 Å². The summed E-state index contributed by atoms with van der Waals surface area (Å²) in [6.07, 6.45) is 0.234. The normalized spacial score (nSPS) is 10.2. The molecule has 0 aliphatic heterocycles. The van der Waals surface area contributed by atoms with E-state index in [9.17, 15) is 4.79 Å². The quantitative estimate of drug-likeness (QED) is 0.785. The molecule has 0 aliphatic rings. The summed E-state index contributed by atoms with van der Waals surface area (Å²) in [4.78, 5) is 11.4. The summed E-state index contributed by atoms with van der Waals surface area (Å²) in [6, 6.07) is 13.3. The molecule has 0 saturated heterocycles. The Balaban J connectivity index is 2.11. The molecular formula is C17H17ClO3. The van der Waals surface area contributed by atoms with E-state index in [1.54, 1.807) is 0 Å². The first kappa shape index (κ1) is 15.4. The first-order valence-electron chi connectivity index (χ1n) is 6.62. The van der Waals surface area contributed by atoms with Crippen LogP contribution in [-0.4, -0.2) is 13.1 Å².